The Balaban J connectivity index is 1.80. The average Bonchev–Trinajstić information content (AvgIpc) is 3.24. The van der Waals surface area contributed by atoms with Crippen molar-refractivity contribution in [1.82, 2.24) is 20.2 Å². The highest BCUT2D eigenvalue weighted by Crippen LogP contribution is 2.33. The molecule has 0 saturated carbocycles. The van der Waals surface area contributed by atoms with E-state index in [2.05, 4.69) is 15.6 Å². The minimum Gasteiger partial charge on any atom is -0.394 e. The van der Waals surface area contributed by atoms with Crippen LogP contribution in [-0.4, -0.2) is 39.1 Å². The molecule has 2 heterocycles. The zero-order chi connectivity index (χ0) is 28.1. The van der Waals surface area contributed by atoms with E-state index < -0.39 is 17.5 Å². The highest BCUT2D eigenvalue weighted by Gasteiger charge is 2.26. The van der Waals surface area contributed by atoms with Crippen LogP contribution >= 0.6 is 0 Å². The number of pyridine rings is 1. The topological polar surface area (TPSA) is 96.3 Å². The van der Waals surface area contributed by atoms with Gasteiger partial charge in [0.2, 0.25) is 0 Å². The molecule has 0 radical (unpaired) electrons. The minimum absolute atomic E-state index is 0.0575. The number of amides is 2. The average molecular weight is 535 g/mol. The van der Waals surface area contributed by atoms with Crippen molar-refractivity contribution >= 4 is 22.7 Å². The van der Waals surface area contributed by atoms with E-state index >= 15 is 0 Å². The Bertz CT molecular complexity index is 1460. The van der Waals surface area contributed by atoms with E-state index in [-0.39, 0.29) is 31.0 Å². The van der Waals surface area contributed by atoms with Gasteiger partial charge in [-0.3, -0.25) is 14.6 Å². The first kappa shape index (κ1) is 27.9. The van der Waals surface area contributed by atoms with Gasteiger partial charge in [0.1, 0.15) is 11.6 Å². The molecule has 9 heteroatoms. The Labute approximate surface area is 225 Å². The third kappa shape index (κ3) is 6.31. The van der Waals surface area contributed by atoms with E-state index in [1.165, 1.54) is 12.1 Å². The summed E-state index contributed by atoms with van der Waals surface area (Å²) in [5.41, 5.74) is 3.33. The van der Waals surface area contributed by atoms with Gasteiger partial charge in [0.15, 0.2) is 0 Å². The third-order valence-electron chi connectivity index (χ3n) is 6.61. The number of rotatable bonds is 10. The first-order chi connectivity index (χ1) is 18.7. The van der Waals surface area contributed by atoms with Crippen molar-refractivity contribution in [3.8, 4) is 0 Å². The van der Waals surface area contributed by atoms with Crippen molar-refractivity contribution in [2.24, 2.45) is 0 Å². The smallest absolute Gasteiger partial charge is 0.254 e. The number of carbonyl (C=O) groups is 2. The monoisotopic (exact) mass is 534 g/mol. The van der Waals surface area contributed by atoms with Crippen LogP contribution in [0.1, 0.15) is 70.8 Å². The molecule has 4 aromatic rings. The Kier molecular flexibility index (Phi) is 8.71. The van der Waals surface area contributed by atoms with Crippen molar-refractivity contribution in [3.05, 3.63) is 101 Å². The first-order valence-corrected chi connectivity index (χ1v) is 12.9. The maximum Gasteiger partial charge on any atom is 0.254 e. The number of carbonyl (C=O) groups excluding carboxylic acids is 2. The van der Waals surface area contributed by atoms with Crippen LogP contribution in [0.2, 0.25) is 0 Å². The molecule has 1 atom stereocenters. The number of aliphatic hydroxyl groups excluding tert-OH is 1. The van der Waals surface area contributed by atoms with Gasteiger partial charge in [-0.2, -0.15) is 0 Å². The lowest BCUT2D eigenvalue weighted by Crippen LogP contribution is -2.36. The first-order valence-electron chi connectivity index (χ1n) is 12.9. The number of aliphatic hydroxyl groups is 1. The molecule has 2 aromatic carbocycles. The van der Waals surface area contributed by atoms with Crippen LogP contribution in [0, 0.1) is 11.6 Å². The second-order valence-corrected chi connectivity index (χ2v) is 9.78. The number of fused-ring (bicyclic) bond motifs is 1. The zero-order valence-corrected chi connectivity index (χ0v) is 22.2. The molecule has 204 valence electrons. The van der Waals surface area contributed by atoms with E-state index in [9.17, 15) is 23.5 Å². The van der Waals surface area contributed by atoms with Gasteiger partial charge < -0.3 is 20.3 Å². The molecule has 0 fully saturated rings. The fourth-order valence-electron chi connectivity index (χ4n) is 4.70. The quantitative estimate of drug-likeness (QED) is 0.269. The van der Waals surface area contributed by atoms with Gasteiger partial charge in [-0.05, 0) is 54.3 Å². The van der Waals surface area contributed by atoms with Crippen LogP contribution < -0.4 is 10.6 Å². The SMILES string of the molecule is CC[C@@H](CO)NC(=O)c1ccc2c(C(=O)NCc3cc(F)cc(F)c3)c(C(C)C)n(Cc3ccccn3)c2c1. The molecule has 0 spiro atoms. The number of nitrogens with one attached hydrogen (secondary N) is 2. The Morgan fingerprint density at radius 1 is 1.03 bits per heavy atom. The van der Waals surface area contributed by atoms with Crippen molar-refractivity contribution in [1.29, 1.82) is 0 Å². The van der Waals surface area contributed by atoms with Gasteiger partial charge in [0.05, 0.1) is 36.0 Å². The standard InChI is InChI=1S/C30H32F2N4O3/c1-4-23(17-37)35-29(38)20-8-9-25-26(13-20)36(16-24-7-5-6-10-33-24)28(18(2)3)27(25)30(39)34-15-19-11-21(31)14-22(32)12-19/h5-14,18,23,37H,4,15-17H2,1-3H3,(H,34,39)(H,35,38)/t23-/m0/s1. The van der Waals surface area contributed by atoms with Gasteiger partial charge in [0, 0.05) is 35.5 Å². The van der Waals surface area contributed by atoms with Crippen LogP contribution in [0.5, 0.6) is 0 Å². The number of aromatic nitrogens is 2. The molecule has 7 nitrogen and oxygen atoms in total. The van der Waals surface area contributed by atoms with Crippen molar-refractivity contribution in [2.45, 2.75) is 52.2 Å². The summed E-state index contributed by atoms with van der Waals surface area (Å²) in [6.07, 6.45) is 2.28. The minimum atomic E-state index is -0.716. The Hall–Kier alpha value is -4.11. The van der Waals surface area contributed by atoms with Crippen molar-refractivity contribution < 1.29 is 23.5 Å². The molecule has 2 amide bonds. The lowest BCUT2D eigenvalue weighted by Gasteiger charge is -2.16. The lowest BCUT2D eigenvalue weighted by molar-refractivity contribution is 0.0913. The summed E-state index contributed by atoms with van der Waals surface area (Å²) >= 11 is 0. The summed E-state index contributed by atoms with van der Waals surface area (Å²) in [7, 11) is 0. The van der Waals surface area contributed by atoms with E-state index in [4.69, 9.17) is 0 Å². The number of benzene rings is 2. The number of halogens is 2. The van der Waals surface area contributed by atoms with Crippen molar-refractivity contribution in [3.63, 3.8) is 0 Å². The summed E-state index contributed by atoms with van der Waals surface area (Å²) in [5, 5.41) is 15.8. The van der Waals surface area contributed by atoms with Crippen molar-refractivity contribution in [2.75, 3.05) is 6.61 Å². The van der Waals surface area contributed by atoms with Gasteiger partial charge in [-0.25, -0.2) is 8.78 Å². The maximum atomic E-state index is 13.7. The number of hydrogen-bond donors (Lipinski definition) is 3. The second-order valence-electron chi connectivity index (χ2n) is 9.78. The molecular weight excluding hydrogens is 502 g/mol. The van der Waals surface area contributed by atoms with Gasteiger partial charge in [-0.15, -0.1) is 0 Å². The van der Waals surface area contributed by atoms with Gasteiger partial charge >= 0.3 is 0 Å². The molecule has 3 N–H and O–H groups in total. The fraction of sp³-hybridized carbons (Fsp3) is 0.300. The second kappa shape index (κ2) is 12.2. The maximum absolute atomic E-state index is 13.7. The van der Waals surface area contributed by atoms with E-state index in [1.807, 2.05) is 43.5 Å². The molecule has 39 heavy (non-hydrogen) atoms. The summed E-state index contributed by atoms with van der Waals surface area (Å²) < 4.78 is 29.4. The number of hydrogen-bond acceptors (Lipinski definition) is 4. The highest BCUT2D eigenvalue weighted by atomic mass is 19.1. The molecule has 0 unspecified atom stereocenters. The van der Waals surface area contributed by atoms with Crippen LogP contribution in [0.25, 0.3) is 10.9 Å². The normalized spacial score (nSPS) is 12.1. The van der Waals surface area contributed by atoms with Crippen LogP contribution in [0.15, 0.2) is 60.8 Å². The summed E-state index contributed by atoms with van der Waals surface area (Å²) in [6.45, 7) is 5.97. The highest BCUT2D eigenvalue weighted by molar-refractivity contribution is 6.10. The van der Waals surface area contributed by atoms with Crippen LogP contribution in [-0.2, 0) is 13.1 Å². The van der Waals surface area contributed by atoms with E-state index in [0.717, 1.165) is 17.5 Å². The van der Waals surface area contributed by atoms with Crippen LogP contribution in [0.4, 0.5) is 8.78 Å². The van der Waals surface area contributed by atoms with E-state index in [0.29, 0.717) is 40.6 Å². The fourth-order valence-corrected chi connectivity index (χ4v) is 4.70. The van der Waals surface area contributed by atoms with Gasteiger partial charge in [0.25, 0.3) is 11.8 Å². The predicted octanol–water partition coefficient (Wildman–Crippen LogP) is 4.92. The molecule has 0 bridgehead atoms. The molecule has 2 aromatic heterocycles. The molecular formula is C30H32F2N4O3. The van der Waals surface area contributed by atoms with E-state index in [1.54, 1.807) is 24.4 Å². The summed E-state index contributed by atoms with van der Waals surface area (Å²) in [4.78, 5) is 31.0. The molecule has 0 aliphatic carbocycles. The largest absolute Gasteiger partial charge is 0.394 e. The third-order valence-corrected chi connectivity index (χ3v) is 6.61. The van der Waals surface area contributed by atoms with Gasteiger partial charge in [-0.1, -0.05) is 32.9 Å². The lowest BCUT2D eigenvalue weighted by atomic mass is 10.0. The predicted molar refractivity (Wildman–Crippen MR) is 146 cm³/mol. The zero-order valence-electron chi connectivity index (χ0n) is 22.2. The molecule has 0 saturated heterocycles. The molecule has 0 aliphatic rings. The molecule has 0 aliphatic heterocycles. The molecule has 4 rings (SSSR count). The Morgan fingerprint density at radius 3 is 2.38 bits per heavy atom. The van der Waals surface area contributed by atoms with Crippen LogP contribution in [0.3, 0.4) is 0 Å². The summed E-state index contributed by atoms with van der Waals surface area (Å²) in [5.74, 6) is -2.23. The summed E-state index contributed by atoms with van der Waals surface area (Å²) in [6, 6.07) is 13.5. The number of nitrogens with zero attached hydrogens (tertiary/aromatic N) is 2. The Morgan fingerprint density at radius 2 is 1.77 bits per heavy atom.